The predicted octanol–water partition coefficient (Wildman–Crippen LogP) is 4.18. The monoisotopic (exact) mass is 404 g/mol. The Bertz CT molecular complexity index is 844. The van der Waals surface area contributed by atoms with Gasteiger partial charge in [0.15, 0.2) is 0 Å². The van der Waals surface area contributed by atoms with Gasteiger partial charge in [-0.3, -0.25) is 9.59 Å². The molecule has 0 heterocycles. The molecular weight excluding hydrogens is 390 g/mol. The van der Waals surface area contributed by atoms with Crippen LogP contribution < -0.4 is 10.6 Å². The third-order valence-corrected chi connectivity index (χ3v) is 3.51. The minimum absolute atomic E-state index is 0.189. The summed E-state index contributed by atoms with van der Waals surface area (Å²) in [5, 5.41) is 4.14. The van der Waals surface area contributed by atoms with E-state index in [4.69, 9.17) is 0 Å². The van der Waals surface area contributed by atoms with E-state index in [1.54, 1.807) is 5.32 Å². The highest BCUT2D eigenvalue weighted by molar-refractivity contribution is 6.04. The van der Waals surface area contributed by atoms with E-state index >= 15 is 0 Å². The highest BCUT2D eigenvalue weighted by atomic mass is 19.4. The van der Waals surface area contributed by atoms with Gasteiger partial charge in [-0.05, 0) is 35.9 Å². The summed E-state index contributed by atoms with van der Waals surface area (Å²) in [6, 6.07) is 9.49. The molecule has 150 valence electrons. The number of carbonyl (C=O) groups is 2. The Morgan fingerprint density at radius 3 is 2.11 bits per heavy atom. The smallest absolute Gasteiger partial charge is 0.347 e. The van der Waals surface area contributed by atoms with Crippen molar-refractivity contribution >= 4 is 17.5 Å². The summed E-state index contributed by atoms with van der Waals surface area (Å²) < 4.78 is 74.2. The molecule has 0 aromatic heterocycles. The summed E-state index contributed by atoms with van der Waals surface area (Å²) in [5.41, 5.74) is -0.496. The Labute approximate surface area is 155 Å². The predicted molar refractivity (Wildman–Crippen MR) is 88.6 cm³/mol. The van der Waals surface area contributed by atoms with Crippen LogP contribution in [-0.2, 0) is 17.4 Å². The third-order valence-electron chi connectivity index (χ3n) is 3.51. The Morgan fingerprint density at radius 1 is 0.893 bits per heavy atom. The van der Waals surface area contributed by atoms with Crippen molar-refractivity contribution < 1.29 is 35.9 Å². The van der Waals surface area contributed by atoms with Crippen LogP contribution >= 0.6 is 0 Å². The number of amides is 2. The van der Waals surface area contributed by atoms with Gasteiger partial charge in [-0.15, -0.1) is 0 Å². The molecule has 0 aliphatic carbocycles. The van der Waals surface area contributed by atoms with E-state index in [1.807, 2.05) is 0 Å². The first-order valence-corrected chi connectivity index (χ1v) is 7.85. The second-order valence-corrected chi connectivity index (χ2v) is 5.80. The SMILES string of the molecule is O=C(Cc1ccc(NC(=O)c2cccc(C(F)(F)F)c2)cc1)NCC(F)(F)F. The van der Waals surface area contributed by atoms with Crippen LogP contribution in [0.4, 0.5) is 32.0 Å². The van der Waals surface area contributed by atoms with Crippen molar-refractivity contribution in [3.8, 4) is 0 Å². The highest BCUT2D eigenvalue weighted by Gasteiger charge is 2.31. The van der Waals surface area contributed by atoms with Gasteiger partial charge in [0, 0.05) is 11.3 Å². The molecule has 0 spiro atoms. The fraction of sp³-hybridized carbons (Fsp3) is 0.222. The molecule has 0 radical (unpaired) electrons. The summed E-state index contributed by atoms with van der Waals surface area (Å²) in [4.78, 5) is 23.5. The van der Waals surface area contributed by atoms with E-state index in [0.29, 0.717) is 11.6 Å². The van der Waals surface area contributed by atoms with Gasteiger partial charge in [-0.25, -0.2) is 0 Å². The second-order valence-electron chi connectivity index (χ2n) is 5.80. The number of anilines is 1. The van der Waals surface area contributed by atoms with Crippen LogP contribution in [0.2, 0.25) is 0 Å². The number of rotatable bonds is 5. The van der Waals surface area contributed by atoms with Gasteiger partial charge in [-0.2, -0.15) is 26.3 Å². The van der Waals surface area contributed by atoms with Crippen molar-refractivity contribution in [1.82, 2.24) is 5.32 Å². The van der Waals surface area contributed by atoms with Crippen molar-refractivity contribution in [3.05, 3.63) is 65.2 Å². The Balaban J connectivity index is 1.97. The maximum absolute atomic E-state index is 12.7. The first kappa shape index (κ1) is 21.3. The number of carbonyl (C=O) groups excluding carboxylic acids is 2. The molecule has 2 aromatic rings. The Hall–Kier alpha value is -3.04. The van der Waals surface area contributed by atoms with Crippen molar-refractivity contribution in [1.29, 1.82) is 0 Å². The topological polar surface area (TPSA) is 58.2 Å². The fourth-order valence-corrected chi connectivity index (χ4v) is 2.19. The molecule has 0 fully saturated rings. The van der Waals surface area contributed by atoms with Crippen LogP contribution in [0.15, 0.2) is 48.5 Å². The molecular formula is C18H14F6N2O2. The molecule has 0 saturated carbocycles. The zero-order valence-corrected chi connectivity index (χ0v) is 14.1. The zero-order chi connectivity index (χ0) is 20.9. The molecule has 2 amide bonds. The summed E-state index contributed by atoms with van der Waals surface area (Å²) >= 11 is 0. The van der Waals surface area contributed by atoms with E-state index in [9.17, 15) is 35.9 Å². The van der Waals surface area contributed by atoms with E-state index < -0.39 is 36.3 Å². The van der Waals surface area contributed by atoms with Gasteiger partial charge < -0.3 is 10.6 Å². The molecule has 10 heteroatoms. The molecule has 0 saturated heterocycles. The maximum atomic E-state index is 12.7. The van der Waals surface area contributed by atoms with Crippen LogP contribution in [0.3, 0.4) is 0 Å². The Kier molecular flexibility index (Phi) is 6.32. The zero-order valence-electron chi connectivity index (χ0n) is 14.1. The number of nitrogens with one attached hydrogen (secondary N) is 2. The number of hydrogen-bond donors (Lipinski definition) is 2. The number of benzene rings is 2. The molecule has 28 heavy (non-hydrogen) atoms. The van der Waals surface area contributed by atoms with Crippen molar-refractivity contribution in [2.24, 2.45) is 0 Å². The minimum Gasteiger partial charge on any atom is -0.347 e. The number of halogens is 6. The minimum atomic E-state index is -4.58. The summed E-state index contributed by atoms with van der Waals surface area (Å²) in [5.74, 6) is -1.58. The second kappa shape index (κ2) is 8.32. The van der Waals surface area contributed by atoms with Gasteiger partial charge in [-0.1, -0.05) is 18.2 Å². The molecule has 0 aliphatic heterocycles. The fourth-order valence-electron chi connectivity index (χ4n) is 2.19. The van der Waals surface area contributed by atoms with E-state index in [-0.39, 0.29) is 17.7 Å². The van der Waals surface area contributed by atoms with Crippen molar-refractivity contribution in [2.75, 3.05) is 11.9 Å². The standard InChI is InChI=1S/C18H14F6N2O2/c19-17(20,21)10-25-15(27)8-11-4-6-14(7-5-11)26-16(28)12-2-1-3-13(9-12)18(22,23)24/h1-7,9H,8,10H2,(H,25,27)(H,26,28). The quantitative estimate of drug-likeness (QED) is 0.735. The molecule has 0 atom stereocenters. The molecule has 2 N–H and O–H groups in total. The normalized spacial score (nSPS) is 11.8. The van der Waals surface area contributed by atoms with E-state index in [0.717, 1.165) is 12.1 Å². The molecule has 4 nitrogen and oxygen atoms in total. The van der Waals surface area contributed by atoms with E-state index in [2.05, 4.69) is 5.32 Å². The van der Waals surface area contributed by atoms with Crippen molar-refractivity contribution in [2.45, 2.75) is 18.8 Å². The van der Waals surface area contributed by atoms with E-state index in [1.165, 1.54) is 30.3 Å². The molecule has 2 aromatic carbocycles. The first-order chi connectivity index (χ1) is 12.9. The molecule has 0 aliphatic rings. The summed E-state index contributed by atoms with van der Waals surface area (Å²) in [7, 11) is 0. The first-order valence-electron chi connectivity index (χ1n) is 7.85. The molecule has 0 unspecified atom stereocenters. The Morgan fingerprint density at radius 2 is 1.54 bits per heavy atom. The lowest BCUT2D eigenvalue weighted by molar-refractivity contribution is -0.138. The molecule has 2 rings (SSSR count). The summed E-state index contributed by atoms with van der Waals surface area (Å²) in [6.07, 6.45) is -9.38. The number of hydrogen-bond acceptors (Lipinski definition) is 2. The van der Waals surface area contributed by atoms with Crippen molar-refractivity contribution in [3.63, 3.8) is 0 Å². The van der Waals surface area contributed by atoms with Crippen LogP contribution in [-0.4, -0.2) is 24.5 Å². The molecule has 0 bridgehead atoms. The van der Waals surface area contributed by atoms with Gasteiger partial charge in [0.2, 0.25) is 5.91 Å². The average molecular weight is 404 g/mol. The highest BCUT2D eigenvalue weighted by Crippen LogP contribution is 2.29. The summed E-state index contributed by atoms with van der Waals surface area (Å²) in [6.45, 7) is -1.43. The van der Waals surface area contributed by atoms with Gasteiger partial charge in [0.1, 0.15) is 6.54 Å². The van der Waals surface area contributed by atoms with Gasteiger partial charge >= 0.3 is 12.4 Å². The lowest BCUT2D eigenvalue weighted by Crippen LogP contribution is -2.34. The van der Waals surface area contributed by atoms with Gasteiger partial charge in [0.05, 0.1) is 12.0 Å². The van der Waals surface area contributed by atoms with Gasteiger partial charge in [0.25, 0.3) is 5.91 Å². The van der Waals surface area contributed by atoms with Crippen LogP contribution in [0.5, 0.6) is 0 Å². The largest absolute Gasteiger partial charge is 0.416 e. The van der Waals surface area contributed by atoms with Crippen LogP contribution in [0.1, 0.15) is 21.5 Å². The van der Waals surface area contributed by atoms with Crippen LogP contribution in [0.25, 0.3) is 0 Å². The lowest BCUT2D eigenvalue weighted by atomic mass is 10.1. The third kappa shape index (κ3) is 6.60. The number of alkyl halides is 6. The van der Waals surface area contributed by atoms with Crippen LogP contribution in [0, 0.1) is 0 Å². The average Bonchev–Trinajstić information content (AvgIpc) is 2.60. The maximum Gasteiger partial charge on any atom is 0.416 e. The lowest BCUT2D eigenvalue weighted by Gasteiger charge is -2.10.